The van der Waals surface area contributed by atoms with Crippen molar-refractivity contribution in [3.8, 4) is 0 Å². The molecule has 0 aromatic heterocycles. The maximum absolute atomic E-state index is 12.8. The highest BCUT2D eigenvalue weighted by molar-refractivity contribution is 7.91. The lowest BCUT2D eigenvalue weighted by atomic mass is 10.0. The third-order valence-corrected chi connectivity index (χ3v) is 7.13. The van der Waals surface area contributed by atoms with E-state index in [1.165, 1.54) is 12.1 Å². The van der Waals surface area contributed by atoms with Crippen LogP contribution in [0.5, 0.6) is 0 Å². The molecular formula is C25H26O5S. The lowest BCUT2D eigenvalue weighted by molar-refractivity contribution is -0.141. The van der Waals surface area contributed by atoms with Crippen molar-refractivity contribution in [2.24, 2.45) is 5.92 Å². The Bertz CT molecular complexity index is 1080. The molecular weight excluding hydrogens is 412 g/mol. The molecule has 5 nitrogen and oxygen atoms in total. The van der Waals surface area contributed by atoms with Crippen LogP contribution in [0, 0.1) is 5.92 Å². The molecule has 2 N–H and O–H groups in total. The Kier molecular flexibility index (Phi) is 7.60. The van der Waals surface area contributed by atoms with Gasteiger partial charge in [0.1, 0.15) is 6.10 Å². The molecule has 31 heavy (non-hydrogen) atoms. The zero-order chi connectivity index (χ0) is 22.3. The molecule has 0 bridgehead atoms. The van der Waals surface area contributed by atoms with Gasteiger partial charge in [0.2, 0.25) is 0 Å². The van der Waals surface area contributed by atoms with Crippen molar-refractivity contribution in [2.45, 2.75) is 30.3 Å². The van der Waals surface area contributed by atoms with Gasteiger partial charge >= 0.3 is 5.97 Å². The van der Waals surface area contributed by atoms with Crippen molar-refractivity contribution in [3.63, 3.8) is 0 Å². The molecule has 3 aromatic carbocycles. The van der Waals surface area contributed by atoms with Gasteiger partial charge in [0.15, 0.2) is 9.84 Å². The van der Waals surface area contributed by atoms with Crippen molar-refractivity contribution in [2.75, 3.05) is 5.75 Å². The molecule has 2 atom stereocenters. The Balaban J connectivity index is 1.65. The first-order valence-electron chi connectivity index (χ1n) is 10.2. The van der Waals surface area contributed by atoms with Crippen molar-refractivity contribution in [1.82, 2.24) is 0 Å². The standard InChI is InChI=1S/C25H26O5S/c26-24(20-11-5-2-6-12-20)21-14-16-23(17-15-21)31(29,30)18-22(25(27)28)13-7-10-19-8-3-1-4-9-19/h1-6,8-9,11-12,14-17,22,24,26H,7,10,13,18H2,(H,27,28). The van der Waals surface area contributed by atoms with Crippen LogP contribution in [0.15, 0.2) is 89.8 Å². The van der Waals surface area contributed by atoms with Gasteiger partial charge in [-0.2, -0.15) is 0 Å². The largest absolute Gasteiger partial charge is 0.481 e. The highest BCUT2D eigenvalue weighted by Crippen LogP contribution is 2.24. The van der Waals surface area contributed by atoms with E-state index in [4.69, 9.17) is 0 Å². The zero-order valence-electron chi connectivity index (χ0n) is 17.1. The summed E-state index contributed by atoms with van der Waals surface area (Å²) < 4.78 is 25.6. The summed E-state index contributed by atoms with van der Waals surface area (Å²) >= 11 is 0. The van der Waals surface area contributed by atoms with Crippen molar-refractivity contribution in [1.29, 1.82) is 0 Å². The van der Waals surface area contributed by atoms with Crippen LogP contribution in [0.1, 0.15) is 35.6 Å². The number of hydrogen-bond donors (Lipinski definition) is 2. The number of aliphatic hydroxyl groups is 1. The van der Waals surface area contributed by atoms with Crippen LogP contribution in [-0.2, 0) is 21.1 Å². The number of aryl methyl sites for hydroxylation is 1. The first kappa shape index (κ1) is 22.7. The Hall–Kier alpha value is -2.96. The highest BCUT2D eigenvalue weighted by Gasteiger charge is 2.26. The number of aliphatic carboxylic acids is 1. The number of carbonyl (C=O) groups is 1. The van der Waals surface area contributed by atoms with Crippen LogP contribution in [0.3, 0.4) is 0 Å². The second kappa shape index (κ2) is 10.4. The predicted molar refractivity (Wildman–Crippen MR) is 120 cm³/mol. The molecule has 0 radical (unpaired) electrons. The number of carboxylic acid groups (broad SMARTS) is 1. The topological polar surface area (TPSA) is 91.7 Å². The smallest absolute Gasteiger partial charge is 0.307 e. The SMILES string of the molecule is O=C(O)C(CCCc1ccccc1)CS(=O)(=O)c1ccc(C(O)c2ccccc2)cc1. The molecule has 0 fully saturated rings. The zero-order valence-corrected chi connectivity index (χ0v) is 17.9. The molecule has 0 spiro atoms. The number of hydrogen-bond acceptors (Lipinski definition) is 4. The summed E-state index contributed by atoms with van der Waals surface area (Å²) in [5, 5.41) is 20.0. The van der Waals surface area contributed by atoms with E-state index < -0.39 is 33.6 Å². The van der Waals surface area contributed by atoms with Crippen LogP contribution < -0.4 is 0 Å². The van der Waals surface area contributed by atoms with Crippen LogP contribution >= 0.6 is 0 Å². The van der Waals surface area contributed by atoms with Gasteiger partial charge in [0.05, 0.1) is 16.6 Å². The molecule has 6 heteroatoms. The van der Waals surface area contributed by atoms with Crippen LogP contribution in [0.2, 0.25) is 0 Å². The quantitative estimate of drug-likeness (QED) is 0.493. The van der Waals surface area contributed by atoms with Crippen LogP contribution in [0.25, 0.3) is 0 Å². The first-order chi connectivity index (χ1) is 14.9. The fourth-order valence-corrected chi connectivity index (χ4v) is 5.10. The lowest BCUT2D eigenvalue weighted by Crippen LogP contribution is -2.24. The van der Waals surface area contributed by atoms with E-state index in [1.807, 2.05) is 48.5 Å². The molecule has 3 rings (SSSR count). The molecule has 0 saturated carbocycles. The molecule has 0 aliphatic carbocycles. The third kappa shape index (κ3) is 6.26. The van der Waals surface area contributed by atoms with Gasteiger partial charge in [-0.05, 0) is 48.1 Å². The maximum atomic E-state index is 12.8. The second-order valence-electron chi connectivity index (χ2n) is 7.58. The number of carboxylic acids is 1. The highest BCUT2D eigenvalue weighted by atomic mass is 32.2. The minimum Gasteiger partial charge on any atom is -0.481 e. The van der Waals surface area contributed by atoms with Crippen molar-refractivity contribution in [3.05, 3.63) is 102 Å². The molecule has 0 aliphatic heterocycles. The number of sulfone groups is 1. The lowest BCUT2D eigenvalue weighted by Gasteiger charge is -2.15. The average Bonchev–Trinajstić information content (AvgIpc) is 2.79. The van der Waals surface area contributed by atoms with E-state index in [2.05, 4.69) is 0 Å². The molecule has 2 unspecified atom stereocenters. The van der Waals surface area contributed by atoms with Gasteiger partial charge in [0.25, 0.3) is 0 Å². The van der Waals surface area contributed by atoms with Gasteiger partial charge < -0.3 is 10.2 Å². The molecule has 3 aromatic rings. The fraction of sp³-hybridized carbons (Fsp3) is 0.240. The minimum atomic E-state index is -3.77. The second-order valence-corrected chi connectivity index (χ2v) is 9.61. The summed E-state index contributed by atoms with van der Waals surface area (Å²) in [4.78, 5) is 11.7. The fourth-order valence-electron chi connectivity index (χ4n) is 3.52. The van der Waals surface area contributed by atoms with E-state index >= 15 is 0 Å². The van der Waals surface area contributed by atoms with Crippen LogP contribution in [-0.4, -0.2) is 30.4 Å². The first-order valence-corrected chi connectivity index (χ1v) is 11.8. The Labute approximate surface area is 182 Å². The summed E-state index contributed by atoms with van der Waals surface area (Å²) in [5.74, 6) is -2.52. The van der Waals surface area contributed by atoms with E-state index in [-0.39, 0.29) is 11.3 Å². The van der Waals surface area contributed by atoms with Gasteiger partial charge in [-0.3, -0.25) is 4.79 Å². The third-order valence-electron chi connectivity index (χ3n) is 5.30. The maximum Gasteiger partial charge on any atom is 0.307 e. The predicted octanol–water partition coefficient (Wildman–Crippen LogP) is 4.27. The summed E-state index contributed by atoms with van der Waals surface area (Å²) in [6.45, 7) is 0. The summed E-state index contributed by atoms with van der Waals surface area (Å²) in [6, 6.07) is 24.8. The van der Waals surface area contributed by atoms with Gasteiger partial charge in [-0.25, -0.2) is 8.42 Å². The minimum absolute atomic E-state index is 0.0609. The van der Waals surface area contributed by atoms with Crippen molar-refractivity contribution >= 4 is 15.8 Å². The van der Waals surface area contributed by atoms with E-state index in [1.54, 1.807) is 24.3 Å². The molecule has 0 saturated heterocycles. The van der Waals surface area contributed by atoms with Crippen molar-refractivity contribution < 1.29 is 23.4 Å². The molecule has 0 heterocycles. The summed E-state index contributed by atoms with van der Waals surface area (Å²) in [6.07, 6.45) is 0.728. The Morgan fingerprint density at radius 1 is 0.806 bits per heavy atom. The normalized spacial score (nSPS) is 13.5. The van der Waals surface area contributed by atoms with E-state index in [9.17, 15) is 23.4 Å². The molecule has 0 aliphatic rings. The van der Waals surface area contributed by atoms with Gasteiger partial charge in [-0.15, -0.1) is 0 Å². The van der Waals surface area contributed by atoms with E-state index in [0.29, 0.717) is 24.0 Å². The van der Waals surface area contributed by atoms with Gasteiger partial charge in [-0.1, -0.05) is 72.8 Å². The van der Waals surface area contributed by atoms with Crippen LogP contribution in [0.4, 0.5) is 0 Å². The van der Waals surface area contributed by atoms with Gasteiger partial charge in [0, 0.05) is 0 Å². The number of aliphatic hydroxyl groups excluding tert-OH is 1. The number of benzene rings is 3. The Morgan fingerprint density at radius 3 is 1.94 bits per heavy atom. The average molecular weight is 439 g/mol. The summed E-state index contributed by atoms with van der Waals surface area (Å²) in [7, 11) is -3.77. The summed E-state index contributed by atoms with van der Waals surface area (Å²) in [5.41, 5.74) is 2.38. The van der Waals surface area contributed by atoms with E-state index in [0.717, 1.165) is 5.56 Å². The monoisotopic (exact) mass is 438 g/mol. The number of rotatable bonds is 10. The Morgan fingerprint density at radius 2 is 1.35 bits per heavy atom. The molecule has 0 amide bonds. The molecule has 162 valence electrons.